The number of ether oxygens (including phenoxy) is 2. The van der Waals surface area contributed by atoms with Crippen molar-refractivity contribution in [1.82, 2.24) is 0 Å². The third kappa shape index (κ3) is 10.6. The minimum atomic E-state index is -0.579. The standard InChI is InChI=1S/C8H8.C4H2O3.C4H6O2/c1-2-8-6-4-3-5-7-8;5-3-1-2-4(6)7-3;1-3-6-4(2)5/h2-7H,1H2;1-2H;3H,1H2,2H3. The fourth-order valence-corrected chi connectivity index (χ4v) is 1.01. The van der Waals surface area contributed by atoms with Crippen LogP contribution in [-0.2, 0) is 23.9 Å². The van der Waals surface area contributed by atoms with Crippen LogP contribution in [0.25, 0.3) is 6.08 Å². The summed E-state index contributed by atoms with van der Waals surface area (Å²) < 4.78 is 8.14. The van der Waals surface area contributed by atoms with Crippen molar-refractivity contribution in [3.8, 4) is 0 Å². The van der Waals surface area contributed by atoms with Crippen LogP contribution in [-0.4, -0.2) is 17.9 Å². The molecule has 1 aromatic rings. The smallest absolute Gasteiger partial charge is 0.338 e. The van der Waals surface area contributed by atoms with Gasteiger partial charge in [-0.3, -0.25) is 4.79 Å². The minimum Gasteiger partial charge on any atom is -0.435 e. The maximum atomic E-state index is 9.92. The number of benzene rings is 1. The van der Waals surface area contributed by atoms with E-state index in [1.807, 2.05) is 36.4 Å². The van der Waals surface area contributed by atoms with Crippen molar-refractivity contribution in [1.29, 1.82) is 0 Å². The zero-order valence-corrected chi connectivity index (χ0v) is 11.7. The number of hydrogen-bond donors (Lipinski definition) is 0. The first-order valence-corrected chi connectivity index (χ1v) is 5.89. The second kappa shape index (κ2) is 10.9. The van der Waals surface area contributed by atoms with Crippen molar-refractivity contribution < 1.29 is 23.9 Å². The molecule has 1 aromatic carbocycles. The van der Waals surface area contributed by atoms with Crippen molar-refractivity contribution in [2.24, 2.45) is 0 Å². The van der Waals surface area contributed by atoms with Gasteiger partial charge in [-0.2, -0.15) is 0 Å². The van der Waals surface area contributed by atoms with Gasteiger partial charge in [0.15, 0.2) is 0 Å². The molecule has 5 nitrogen and oxygen atoms in total. The summed E-state index contributed by atoms with van der Waals surface area (Å²) in [6, 6.07) is 10.0. The third-order valence-corrected chi connectivity index (χ3v) is 1.84. The minimum absolute atomic E-state index is 0.329. The van der Waals surface area contributed by atoms with Gasteiger partial charge in [0.25, 0.3) is 0 Å². The Balaban J connectivity index is 0.000000290. The molecule has 0 aliphatic carbocycles. The number of hydrogen-bond acceptors (Lipinski definition) is 5. The van der Waals surface area contributed by atoms with Crippen LogP contribution in [0.4, 0.5) is 0 Å². The van der Waals surface area contributed by atoms with Crippen molar-refractivity contribution in [2.45, 2.75) is 6.92 Å². The lowest BCUT2D eigenvalue weighted by Gasteiger charge is -1.85. The molecule has 0 atom stereocenters. The predicted molar refractivity (Wildman–Crippen MR) is 78.7 cm³/mol. The van der Waals surface area contributed by atoms with Crippen LogP contribution in [0.5, 0.6) is 0 Å². The van der Waals surface area contributed by atoms with Crippen LogP contribution in [0.1, 0.15) is 12.5 Å². The molecular formula is C16H16O5. The lowest BCUT2D eigenvalue weighted by atomic mass is 10.2. The van der Waals surface area contributed by atoms with Gasteiger partial charge in [0, 0.05) is 19.1 Å². The van der Waals surface area contributed by atoms with Crippen molar-refractivity contribution in [3.05, 3.63) is 67.5 Å². The normalized spacial score (nSPS) is 11.1. The van der Waals surface area contributed by atoms with Gasteiger partial charge in [-0.1, -0.05) is 49.6 Å². The average molecular weight is 288 g/mol. The van der Waals surface area contributed by atoms with Gasteiger partial charge in [0.05, 0.1) is 6.26 Å². The summed E-state index contributed by atoms with van der Waals surface area (Å²) in [5, 5.41) is 0. The summed E-state index contributed by atoms with van der Waals surface area (Å²) in [6.45, 7) is 8.11. The Morgan fingerprint density at radius 2 is 1.62 bits per heavy atom. The van der Waals surface area contributed by atoms with E-state index in [2.05, 4.69) is 22.6 Å². The van der Waals surface area contributed by atoms with Gasteiger partial charge in [0.2, 0.25) is 0 Å². The van der Waals surface area contributed by atoms with E-state index in [1.54, 1.807) is 0 Å². The fourth-order valence-electron chi connectivity index (χ4n) is 1.01. The molecule has 2 rings (SSSR count). The number of carbonyl (C=O) groups excluding carboxylic acids is 3. The van der Waals surface area contributed by atoms with E-state index < -0.39 is 11.9 Å². The van der Waals surface area contributed by atoms with E-state index in [-0.39, 0.29) is 5.97 Å². The summed E-state index contributed by atoms with van der Waals surface area (Å²) in [5.41, 5.74) is 1.17. The Bertz CT molecular complexity index is 513. The molecular weight excluding hydrogens is 272 g/mol. The van der Waals surface area contributed by atoms with E-state index in [4.69, 9.17) is 0 Å². The summed E-state index contributed by atoms with van der Waals surface area (Å²) in [5.74, 6) is -1.49. The molecule has 1 aliphatic heterocycles. The Kier molecular flexibility index (Phi) is 9.39. The van der Waals surface area contributed by atoms with Gasteiger partial charge in [-0.15, -0.1) is 0 Å². The Hall–Kier alpha value is -2.95. The second-order valence-corrected chi connectivity index (χ2v) is 3.46. The van der Waals surface area contributed by atoms with E-state index in [1.165, 1.54) is 12.5 Å². The molecule has 110 valence electrons. The van der Waals surface area contributed by atoms with Crippen LogP contribution < -0.4 is 0 Å². The van der Waals surface area contributed by atoms with E-state index >= 15 is 0 Å². The van der Waals surface area contributed by atoms with Gasteiger partial charge >= 0.3 is 17.9 Å². The van der Waals surface area contributed by atoms with Gasteiger partial charge in [-0.05, 0) is 5.56 Å². The van der Waals surface area contributed by atoms with Crippen LogP contribution in [0.15, 0.2) is 61.9 Å². The Labute approximate surface area is 123 Å². The number of carbonyl (C=O) groups is 3. The molecule has 5 heteroatoms. The highest BCUT2D eigenvalue weighted by atomic mass is 16.6. The number of cyclic esters (lactones) is 2. The zero-order valence-electron chi connectivity index (χ0n) is 11.7. The average Bonchev–Trinajstić information content (AvgIpc) is 2.84. The van der Waals surface area contributed by atoms with Crippen LogP contribution >= 0.6 is 0 Å². The molecule has 0 bridgehead atoms. The summed E-state index contributed by atoms with van der Waals surface area (Å²) in [7, 11) is 0. The number of rotatable bonds is 2. The van der Waals surface area contributed by atoms with Gasteiger partial charge in [-0.25, -0.2) is 9.59 Å². The SMILES string of the molecule is C=COC(C)=O.C=Cc1ccccc1.O=C1C=CC(=O)O1. The van der Waals surface area contributed by atoms with Crippen molar-refractivity contribution in [2.75, 3.05) is 0 Å². The third-order valence-electron chi connectivity index (χ3n) is 1.84. The fraction of sp³-hybridized carbons (Fsp3) is 0.0625. The van der Waals surface area contributed by atoms with Gasteiger partial charge < -0.3 is 9.47 Å². The molecule has 0 spiro atoms. The summed E-state index contributed by atoms with van der Waals surface area (Å²) in [6.07, 6.45) is 5.10. The Morgan fingerprint density at radius 1 is 1.10 bits per heavy atom. The van der Waals surface area contributed by atoms with E-state index in [0.29, 0.717) is 0 Å². The predicted octanol–water partition coefficient (Wildman–Crippen LogP) is 2.65. The molecule has 0 unspecified atom stereocenters. The summed E-state index contributed by atoms with van der Waals surface area (Å²) in [4.78, 5) is 29.6. The molecule has 0 amide bonds. The number of esters is 3. The highest BCUT2D eigenvalue weighted by molar-refractivity contribution is 6.04. The Morgan fingerprint density at radius 3 is 1.81 bits per heavy atom. The van der Waals surface area contributed by atoms with Crippen LogP contribution in [0.3, 0.4) is 0 Å². The van der Waals surface area contributed by atoms with Crippen molar-refractivity contribution in [3.63, 3.8) is 0 Å². The molecule has 0 saturated heterocycles. The molecule has 0 fully saturated rings. The largest absolute Gasteiger partial charge is 0.435 e. The first-order valence-electron chi connectivity index (χ1n) is 5.89. The molecule has 0 saturated carbocycles. The molecule has 0 radical (unpaired) electrons. The van der Waals surface area contributed by atoms with Crippen LogP contribution in [0, 0.1) is 0 Å². The first kappa shape index (κ1) is 18.0. The molecule has 21 heavy (non-hydrogen) atoms. The molecule has 1 heterocycles. The highest BCUT2D eigenvalue weighted by Crippen LogP contribution is 1.97. The lowest BCUT2D eigenvalue weighted by molar-refractivity contribution is -0.150. The molecule has 1 aliphatic rings. The molecule has 0 aromatic heterocycles. The second-order valence-electron chi connectivity index (χ2n) is 3.46. The first-order chi connectivity index (χ1) is 9.99. The lowest BCUT2D eigenvalue weighted by Crippen LogP contribution is -1.96. The quantitative estimate of drug-likeness (QED) is 0.475. The monoisotopic (exact) mass is 288 g/mol. The zero-order chi connectivity index (χ0) is 16.1. The van der Waals surface area contributed by atoms with E-state index in [0.717, 1.165) is 18.4 Å². The molecule has 0 N–H and O–H groups in total. The van der Waals surface area contributed by atoms with Crippen LogP contribution in [0.2, 0.25) is 0 Å². The van der Waals surface area contributed by atoms with Gasteiger partial charge in [0.1, 0.15) is 0 Å². The van der Waals surface area contributed by atoms with E-state index in [9.17, 15) is 14.4 Å². The highest BCUT2D eigenvalue weighted by Gasteiger charge is 2.10. The maximum Gasteiger partial charge on any atom is 0.338 e. The topological polar surface area (TPSA) is 69.7 Å². The maximum absolute atomic E-state index is 9.92. The van der Waals surface area contributed by atoms with Crippen molar-refractivity contribution >= 4 is 24.0 Å². The summed E-state index contributed by atoms with van der Waals surface area (Å²) >= 11 is 0.